The molecular weight excluding hydrogens is 392 g/mol. The molecule has 4 rings (SSSR count). The highest BCUT2D eigenvalue weighted by atomic mass is 79.9. The molecule has 0 aliphatic carbocycles. The fraction of sp³-hybridized carbons (Fsp3) is 0.100. The molecule has 2 heterocycles. The number of aryl methyl sites for hydroxylation is 1. The normalized spacial score (nSPS) is 12.2. The van der Waals surface area contributed by atoms with E-state index >= 15 is 0 Å². The molecule has 26 heavy (non-hydrogen) atoms. The molecular formula is C20H17BrN4O. The Morgan fingerprint density at radius 2 is 1.96 bits per heavy atom. The molecule has 6 heteroatoms. The molecule has 0 spiro atoms. The van der Waals surface area contributed by atoms with Crippen LogP contribution >= 0.6 is 15.9 Å². The maximum absolute atomic E-state index is 12.9. The standard InChI is InChI=1S/C20H17BrN4O/c1-25-11-15(21)10-18(25)20(26)24-19(13-5-3-2-4-6-13)14-7-8-16-17(9-14)23-12-22-16/h2-12,19H,1H3,(H,22,23)(H,24,26). The molecule has 1 amide bonds. The first-order valence-electron chi connectivity index (χ1n) is 8.22. The number of H-pyrrole nitrogens is 1. The van der Waals surface area contributed by atoms with Crippen molar-refractivity contribution in [2.45, 2.75) is 6.04 Å². The van der Waals surface area contributed by atoms with Gasteiger partial charge >= 0.3 is 0 Å². The molecule has 2 N–H and O–H groups in total. The highest BCUT2D eigenvalue weighted by molar-refractivity contribution is 9.10. The third kappa shape index (κ3) is 3.15. The van der Waals surface area contributed by atoms with E-state index in [0.29, 0.717) is 5.69 Å². The number of nitrogens with zero attached hydrogens (tertiary/aromatic N) is 2. The lowest BCUT2D eigenvalue weighted by molar-refractivity contribution is 0.0935. The summed E-state index contributed by atoms with van der Waals surface area (Å²) >= 11 is 3.42. The summed E-state index contributed by atoms with van der Waals surface area (Å²) in [5.74, 6) is -0.128. The zero-order chi connectivity index (χ0) is 18.1. The van der Waals surface area contributed by atoms with Crippen LogP contribution in [0.1, 0.15) is 27.7 Å². The second-order valence-corrected chi connectivity index (χ2v) is 7.07. The molecule has 0 radical (unpaired) electrons. The number of halogens is 1. The van der Waals surface area contributed by atoms with Crippen LogP contribution in [0.15, 0.2) is 71.6 Å². The average molecular weight is 409 g/mol. The summed E-state index contributed by atoms with van der Waals surface area (Å²) < 4.78 is 2.68. The van der Waals surface area contributed by atoms with Crippen molar-refractivity contribution in [1.82, 2.24) is 19.9 Å². The summed E-state index contributed by atoms with van der Waals surface area (Å²) in [5.41, 5.74) is 4.46. The molecule has 2 aromatic heterocycles. The summed E-state index contributed by atoms with van der Waals surface area (Å²) in [6.45, 7) is 0. The highest BCUT2D eigenvalue weighted by Gasteiger charge is 2.20. The molecule has 4 aromatic rings. The lowest BCUT2D eigenvalue weighted by Gasteiger charge is -2.20. The number of rotatable bonds is 4. The van der Waals surface area contributed by atoms with Crippen LogP contribution in [0.5, 0.6) is 0 Å². The van der Waals surface area contributed by atoms with Crippen LogP contribution in [0, 0.1) is 0 Å². The SMILES string of the molecule is Cn1cc(Br)cc1C(=O)NC(c1ccccc1)c1ccc2nc[nH]c2c1. The lowest BCUT2D eigenvalue weighted by Crippen LogP contribution is -2.30. The monoisotopic (exact) mass is 408 g/mol. The number of imidazole rings is 1. The maximum atomic E-state index is 12.9. The minimum absolute atomic E-state index is 0.128. The Balaban J connectivity index is 1.73. The number of aromatic nitrogens is 3. The van der Waals surface area contributed by atoms with E-state index in [1.54, 1.807) is 10.9 Å². The maximum Gasteiger partial charge on any atom is 0.268 e. The van der Waals surface area contributed by atoms with Gasteiger partial charge in [-0.15, -0.1) is 0 Å². The van der Waals surface area contributed by atoms with E-state index in [-0.39, 0.29) is 11.9 Å². The predicted molar refractivity (Wildman–Crippen MR) is 105 cm³/mol. The van der Waals surface area contributed by atoms with Gasteiger partial charge in [0, 0.05) is 17.7 Å². The Morgan fingerprint density at radius 1 is 1.15 bits per heavy atom. The molecule has 0 aliphatic heterocycles. The van der Waals surface area contributed by atoms with E-state index in [4.69, 9.17) is 0 Å². The van der Waals surface area contributed by atoms with Crippen LogP contribution < -0.4 is 5.32 Å². The molecule has 0 bridgehead atoms. The van der Waals surface area contributed by atoms with Gasteiger partial charge in [0.1, 0.15) is 5.69 Å². The van der Waals surface area contributed by atoms with Crippen LogP contribution in [0.4, 0.5) is 0 Å². The van der Waals surface area contributed by atoms with Gasteiger partial charge < -0.3 is 14.9 Å². The molecule has 130 valence electrons. The summed E-state index contributed by atoms with van der Waals surface area (Å²) in [7, 11) is 1.86. The molecule has 5 nitrogen and oxygen atoms in total. The molecule has 0 fully saturated rings. The van der Waals surface area contributed by atoms with Gasteiger partial charge in [-0.05, 0) is 45.3 Å². The van der Waals surface area contributed by atoms with Crippen LogP contribution in [-0.2, 0) is 7.05 Å². The van der Waals surface area contributed by atoms with E-state index in [0.717, 1.165) is 26.6 Å². The van der Waals surface area contributed by atoms with E-state index < -0.39 is 0 Å². The van der Waals surface area contributed by atoms with Crippen molar-refractivity contribution in [2.75, 3.05) is 0 Å². The minimum Gasteiger partial charge on any atom is -0.345 e. The quantitative estimate of drug-likeness (QED) is 0.531. The Hall–Kier alpha value is -2.86. The second-order valence-electron chi connectivity index (χ2n) is 6.15. The minimum atomic E-state index is -0.259. The van der Waals surface area contributed by atoms with Gasteiger partial charge in [0.25, 0.3) is 5.91 Å². The number of benzene rings is 2. The first kappa shape index (κ1) is 16.6. The number of hydrogen-bond acceptors (Lipinski definition) is 2. The van der Waals surface area contributed by atoms with Gasteiger partial charge in [-0.3, -0.25) is 4.79 Å². The molecule has 1 unspecified atom stereocenters. The van der Waals surface area contributed by atoms with Gasteiger partial charge in [0.2, 0.25) is 0 Å². The van der Waals surface area contributed by atoms with Gasteiger partial charge in [-0.1, -0.05) is 36.4 Å². The average Bonchev–Trinajstić information content (AvgIpc) is 3.25. The Kier molecular flexibility index (Phi) is 4.34. The zero-order valence-electron chi connectivity index (χ0n) is 14.1. The Labute approximate surface area is 159 Å². The molecule has 1 atom stereocenters. The lowest BCUT2D eigenvalue weighted by atomic mass is 9.98. The van der Waals surface area contributed by atoms with Gasteiger partial charge in [-0.25, -0.2) is 4.98 Å². The van der Waals surface area contributed by atoms with Crippen molar-refractivity contribution in [1.29, 1.82) is 0 Å². The fourth-order valence-corrected chi connectivity index (χ4v) is 3.62. The van der Waals surface area contributed by atoms with Gasteiger partial charge in [-0.2, -0.15) is 0 Å². The summed E-state index contributed by atoms with van der Waals surface area (Å²) in [6, 6.07) is 17.5. The molecule has 0 saturated heterocycles. The van der Waals surface area contributed by atoms with Crippen molar-refractivity contribution in [2.24, 2.45) is 7.05 Å². The van der Waals surface area contributed by atoms with Crippen molar-refractivity contribution in [3.8, 4) is 0 Å². The van der Waals surface area contributed by atoms with Crippen LogP contribution in [0.25, 0.3) is 11.0 Å². The zero-order valence-corrected chi connectivity index (χ0v) is 15.7. The van der Waals surface area contributed by atoms with Crippen molar-refractivity contribution in [3.05, 3.63) is 88.4 Å². The molecule has 0 aliphatic rings. The number of amides is 1. The van der Waals surface area contributed by atoms with Crippen molar-refractivity contribution < 1.29 is 4.79 Å². The molecule has 0 saturated carbocycles. The van der Waals surface area contributed by atoms with E-state index in [1.807, 2.05) is 67.8 Å². The number of carbonyl (C=O) groups is 1. The summed E-state index contributed by atoms with van der Waals surface area (Å²) in [4.78, 5) is 20.3. The first-order chi connectivity index (χ1) is 12.6. The number of nitrogens with one attached hydrogen (secondary N) is 2. The van der Waals surface area contributed by atoms with Gasteiger partial charge in [0.15, 0.2) is 0 Å². The first-order valence-corrected chi connectivity index (χ1v) is 9.02. The van der Waals surface area contributed by atoms with Crippen LogP contribution in [0.3, 0.4) is 0 Å². The van der Waals surface area contributed by atoms with E-state index in [9.17, 15) is 4.79 Å². The van der Waals surface area contributed by atoms with Crippen molar-refractivity contribution in [3.63, 3.8) is 0 Å². The topological polar surface area (TPSA) is 62.7 Å². The Bertz CT molecular complexity index is 1070. The van der Waals surface area contributed by atoms with E-state index in [1.165, 1.54) is 0 Å². The smallest absolute Gasteiger partial charge is 0.268 e. The number of hydrogen-bond donors (Lipinski definition) is 2. The van der Waals surface area contributed by atoms with Crippen LogP contribution in [0.2, 0.25) is 0 Å². The van der Waals surface area contributed by atoms with E-state index in [2.05, 4.69) is 31.2 Å². The highest BCUT2D eigenvalue weighted by Crippen LogP contribution is 2.25. The van der Waals surface area contributed by atoms with Crippen LogP contribution in [-0.4, -0.2) is 20.4 Å². The third-order valence-electron chi connectivity index (χ3n) is 4.39. The predicted octanol–water partition coefficient (Wildman–Crippen LogP) is 4.18. The number of fused-ring (bicyclic) bond motifs is 1. The van der Waals surface area contributed by atoms with Crippen molar-refractivity contribution >= 4 is 32.9 Å². The fourth-order valence-electron chi connectivity index (χ4n) is 3.09. The number of carbonyl (C=O) groups excluding carboxylic acids is 1. The van der Waals surface area contributed by atoms with Gasteiger partial charge in [0.05, 0.1) is 23.4 Å². The largest absolute Gasteiger partial charge is 0.345 e. The summed E-state index contributed by atoms with van der Waals surface area (Å²) in [5, 5.41) is 3.16. The Morgan fingerprint density at radius 3 is 2.69 bits per heavy atom. The second kappa shape index (κ2) is 6.80. The molecule has 2 aromatic carbocycles. The summed E-state index contributed by atoms with van der Waals surface area (Å²) in [6.07, 6.45) is 3.54. The third-order valence-corrected chi connectivity index (χ3v) is 4.82. The number of aromatic amines is 1.